The van der Waals surface area contributed by atoms with Crippen LogP contribution in [-0.2, 0) is 14.3 Å². The Morgan fingerprint density at radius 3 is 2.55 bits per heavy atom. The van der Waals surface area contributed by atoms with Gasteiger partial charge >= 0.3 is 5.97 Å². The van der Waals surface area contributed by atoms with Crippen molar-refractivity contribution in [3.63, 3.8) is 0 Å². The maximum absolute atomic E-state index is 10.6. The van der Waals surface area contributed by atoms with Crippen molar-refractivity contribution in [1.29, 1.82) is 0 Å². The third-order valence-corrected chi connectivity index (χ3v) is 2.01. The quantitative estimate of drug-likeness (QED) is 0.565. The number of carbonyl (C=O) groups excluding carboxylic acids is 1. The molecule has 0 aromatic carbocycles. The molecule has 1 aliphatic carbocycles. The molecule has 1 fully saturated rings. The molecule has 0 N–H and O–H groups in total. The first-order chi connectivity index (χ1) is 5.24. The second kappa shape index (κ2) is 3.72. The van der Waals surface area contributed by atoms with Gasteiger partial charge in [0.1, 0.15) is 6.10 Å². The smallest absolute Gasteiger partial charge is 0.302 e. The summed E-state index contributed by atoms with van der Waals surface area (Å²) >= 11 is 0. The molecule has 0 heterocycles. The summed E-state index contributed by atoms with van der Waals surface area (Å²) in [6.07, 6.45) is 3.17. The Labute approximate surface area is 66.7 Å². The van der Waals surface area contributed by atoms with Crippen LogP contribution < -0.4 is 0 Å². The maximum Gasteiger partial charge on any atom is 0.302 e. The van der Waals surface area contributed by atoms with E-state index in [4.69, 9.17) is 9.47 Å². The second-order valence-corrected chi connectivity index (χ2v) is 2.85. The van der Waals surface area contributed by atoms with Gasteiger partial charge in [-0.15, -0.1) is 0 Å². The van der Waals surface area contributed by atoms with Crippen LogP contribution in [0.1, 0.15) is 26.2 Å². The minimum absolute atomic E-state index is 0.00231. The van der Waals surface area contributed by atoms with Crippen molar-refractivity contribution in [3.8, 4) is 0 Å². The minimum Gasteiger partial charge on any atom is -0.460 e. The summed E-state index contributed by atoms with van der Waals surface area (Å²) < 4.78 is 10.2. The molecular formula is C8H14O3. The summed E-state index contributed by atoms with van der Waals surface area (Å²) in [7, 11) is 1.66. The van der Waals surface area contributed by atoms with Crippen molar-refractivity contribution in [2.45, 2.75) is 38.4 Å². The molecule has 1 saturated carbocycles. The predicted molar refractivity (Wildman–Crippen MR) is 40.2 cm³/mol. The molecule has 2 atom stereocenters. The summed E-state index contributed by atoms with van der Waals surface area (Å²) in [5.41, 5.74) is 0. The first-order valence-electron chi connectivity index (χ1n) is 3.94. The molecule has 64 valence electrons. The molecule has 0 saturated heterocycles. The van der Waals surface area contributed by atoms with Gasteiger partial charge in [-0.3, -0.25) is 4.79 Å². The van der Waals surface area contributed by atoms with Gasteiger partial charge in [-0.05, 0) is 19.3 Å². The monoisotopic (exact) mass is 158 g/mol. The van der Waals surface area contributed by atoms with Gasteiger partial charge in [-0.2, -0.15) is 0 Å². The molecule has 11 heavy (non-hydrogen) atoms. The van der Waals surface area contributed by atoms with Crippen molar-refractivity contribution < 1.29 is 14.3 Å². The highest BCUT2D eigenvalue weighted by Gasteiger charge is 2.29. The van der Waals surface area contributed by atoms with E-state index in [9.17, 15) is 4.79 Å². The molecular weight excluding hydrogens is 144 g/mol. The van der Waals surface area contributed by atoms with Crippen molar-refractivity contribution >= 4 is 5.97 Å². The van der Waals surface area contributed by atoms with Gasteiger partial charge in [0.2, 0.25) is 0 Å². The fourth-order valence-electron chi connectivity index (χ4n) is 1.51. The molecule has 0 aromatic heterocycles. The average molecular weight is 158 g/mol. The van der Waals surface area contributed by atoms with E-state index in [0.29, 0.717) is 0 Å². The summed E-state index contributed by atoms with van der Waals surface area (Å²) in [6, 6.07) is 0. The zero-order chi connectivity index (χ0) is 8.27. The lowest BCUT2D eigenvalue weighted by Gasteiger charge is -2.17. The van der Waals surface area contributed by atoms with Gasteiger partial charge < -0.3 is 9.47 Å². The molecule has 0 aliphatic heterocycles. The number of rotatable bonds is 2. The highest BCUT2D eigenvalue weighted by molar-refractivity contribution is 5.66. The number of methoxy groups -OCH3 is 1. The van der Waals surface area contributed by atoms with E-state index in [0.717, 1.165) is 19.3 Å². The van der Waals surface area contributed by atoms with Crippen LogP contribution in [0.25, 0.3) is 0 Å². The van der Waals surface area contributed by atoms with Gasteiger partial charge in [0.15, 0.2) is 0 Å². The Bertz CT molecular complexity index is 144. The second-order valence-electron chi connectivity index (χ2n) is 2.85. The Kier molecular flexibility index (Phi) is 2.88. The molecule has 0 amide bonds. The molecule has 3 heteroatoms. The lowest BCUT2D eigenvalue weighted by Crippen LogP contribution is -2.26. The highest BCUT2D eigenvalue weighted by atomic mass is 16.6. The van der Waals surface area contributed by atoms with Gasteiger partial charge in [0.05, 0.1) is 6.10 Å². The molecule has 0 aromatic rings. The van der Waals surface area contributed by atoms with Crippen molar-refractivity contribution in [2.75, 3.05) is 7.11 Å². The number of carbonyl (C=O) groups is 1. The Morgan fingerprint density at radius 1 is 1.36 bits per heavy atom. The van der Waals surface area contributed by atoms with Crippen molar-refractivity contribution in [3.05, 3.63) is 0 Å². The first-order valence-corrected chi connectivity index (χ1v) is 3.94. The fraction of sp³-hybridized carbons (Fsp3) is 0.875. The molecule has 0 spiro atoms. The van der Waals surface area contributed by atoms with E-state index in [-0.39, 0.29) is 18.2 Å². The molecule has 1 rings (SSSR count). The topological polar surface area (TPSA) is 35.5 Å². The van der Waals surface area contributed by atoms with Crippen molar-refractivity contribution in [2.24, 2.45) is 0 Å². The van der Waals surface area contributed by atoms with E-state index >= 15 is 0 Å². The van der Waals surface area contributed by atoms with Crippen LogP contribution in [0.15, 0.2) is 0 Å². The summed E-state index contributed by atoms with van der Waals surface area (Å²) in [4.78, 5) is 10.6. The van der Waals surface area contributed by atoms with Gasteiger partial charge in [-0.1, -0.05) is 0 Å². The van der Waals surface area contributed by atoms with E-state index in [1.807, 2.05) is 0 Å². The van der Waals surface area contributed by atoms with E-state index in [1.54, 1.807) is 7.11 Å². The van der Waals surface area contributed by atoms with E-state index in [1.165, 1.54) is 6.92 Å². The lowest BCUT2D eigenvalue weighted by molar-refractivity contribution is -0.151. The third-order valence-electron chi connectivity index (χ3n) is 2.01. The number of hydrogen-bond acceptors (Lipinski definition) is 3. The van der Waals surface area contributed by atoms with Crippen LogP contribution >= 0.6 is 0 Å². The first kappa shape index (κ1) is 8.53. The lowest BCUT2D eigenvalue weighted by atomic mass is 10.2. The van der Waals surface area contributed by atoms with Gasteiger partial charge in [-0.25, -0.2) is 0 Å². The maximum atomic E-state index is 10.6. The zero-order valence-corrected chi connectivity index (χ0v) is 7.00. The SMILES string of the molecule is CO[C@H]1CCC[C@H]1OC(C)=O. The average Bonchev–Trinajstić information content (AvgIpc) is 2.34. The largest absolute Gasteiger partial charge is 0.460 e. The minimum atomic E-state index is -0.209. The van der Waals surface area contributed by atoms with Crippen LogP contribution in [-0.4, -0.2) is 25.3 Å². The number of ether oxygens (including phenoxy) is 2. The summed E-state index contributed by atoms with van der Waals surface area (Å²) in [5.74, 6) is -0.209. The highest BCUT2D eigenvalue weighted by Crippen LogP contribution is 2.24. The Balaban J connectivity index is 2.37. The Hall–Kier alpha value is -0.570. The predicted octanol–water partition coefficient (Wildman–Crippen LogP) is 1.12. The van der Waals surface area contributed by atoms with Crippen LogP contribution in [0.4, 0.5) is 0 Å². The molecule has 1 aliphatic rings. The van der Waals surface area contributed by atoms with Crippen LogP contribution in [0.5, 0.6) is 0 Å². The Morgan fingerprint density at radius 2 is 2.00 bits per heavy atom. The standard InChI is InChI=1S/C8H14O3/c1-6(9)11-8-5-3-4-7(8)10-2/h7-8H,3-5H2,1-2H3/t7-,8+/m0/s1. The normalized spacial score (nSPS) is 30.4. The van der Waals surface area contributed by atoms with Crippen LogP contribution in [0.3, 0.4) is 0 Å². The van der Waals surface area contributed by atoms with Crippen molar-refractivity contribution in [1.82, 2.24) is 0 Å². The number of esters is 1. The fourth-order valence-corrected chi connectivity index (χ4v) is 1.51. The van der Waals surface area contributed by atoms with Gasteiger partial charge in [0, 0.05) is 14.0 Å². The molecule has 0 unspecified atom stereocenters. The summed E-state index contributed by atoms with van der Waals surface area (Å²) in [6.45, 7) is 1.44. The van der Waals surface area contributed by atoms with E-state index in [2.05, 4.69) is 0 Å². The number of hydrogen-bond donors (Lipinski definition) is 0. The van der Waals surface area contributed by atoms with Gasteiger partial charge in [0.25, 0.3) is 0 Å². The third kappa shape index (κ3) is 2.19. The summed E-state index contributed by atoms with van der Waals surface area (Å²) in [5, 5.41) is 0. The van der Waals surface area contributed by atoms with E-state index < -0.39 is 0 Å². The van der Waals surface area contributed by atoms with Crippen LogP contribution in [0, 0.1) is 0 Å². The van der Waals surface area contributed by atoms with Crippen LogP contribution in [0.2, 0.25) is 0 Å². The zero-order valence-electron chi connectivity index (χ0n) is 7.00. The molecule has 0 bridgehead atoms. The molecule has 3 nitrogen and oxygen atoms in total. The molecule has 0 radical (unpaired) electrons.